The van der Waals surface area contributed by atoms with Gasteiger partial charge < -0.3 is 5.32 Å². The number of nitrogens with one attached hydrogen (secondary N) is 1. The van der Waals surface area contributed by atoms with Crippen molar-refractivity contribution in [3.63, 3.8) is 0 Å². The molecule has 1 N–H and O–H groups in total. The summed E-state index contributed by atoms with van der Waals surface area (Å²) in [6, 6.07) is 8.06. The number of rotatable bonds is 5. The van der Waals surface area contributed by atoms with Crippen molar-refractivity contribution >= 4 is 27.3 Å². The van der Waals surface area contributed by atoms with E-state index in [-0.39, 0.29) is 6.04 Å². The monoisotopic (exact) mass is 345 g/mol. The summed E-state index contributed by atoms with van der Waals surface area (Å²) in [6.07, 6.45) is 0.643. The maximum absolute atomic E-state index is 13.9. The minimum absolute atomic E-state index is 0.216. The van der Waals surface area contributed by atoms with Gasteiger partial charge in [-0.1, -0.05) is 19.1 Å². The molecule has 1 nitrogen and oxygen atoms in total. The largest absolute Gasteiger partial charge is 0.310 e. The molecule has 2 aromatic rings. The van der Waals surface area contributed by atoms with Gasteiger partial charge in [-0.3, -0.25) is 0 Å². The molecule has 0 amide bonds. The Labute approximate surface area is 123 Å². The van der Waals surface area contributed by atoms with Crippen molar-refractivity contribution in [1.82, 2.24) is 5.32 Å². The fraction of sp³-hybridized carbons (Fsp3) is 0.286. The number of halogens is 3. The third-order valence-corrected chi connectivity index (χ3v) is 4.49. The van der Waals surface area contributed by atoms with Crippen molar-refractivity contribution in [2.45, 2.75) is 19.4 Å². The molecule has 0 spiro atoms. The van der Waals surface area contributed by atoms with Crippen LogP contribution in [0.2, 0.25) is 0 Å². The van der Waals surface area contributed by atoms with Gasteiger partial charge in [0.15, 0.2) is 11.6 Å². The molecule has 1 heterocycles. The van der Waals surface area contributed by atoms with Crippen molar-refractivity contribution in [3.8, 4) is 0 Å². The number of hydrogen-bond acceptors (Lipinski definition) is 2. The van der Waals surface area contributed by atoms with Gasteiger partial charge in [0.05, 0.1) is 3.79 Å². The molecule has 5 heteroatoms. The van der Waals surface area contributed by atoms with E-state index >= 15 is 0 Å². The van der Waals surface area contributed by atoms with E-state index in [2.05, 4.69) is 21.2 Å². The molecule has 0 aliphatic heterocycles. The average molecular weight is 346 g/mol. The Morgan fingerprint density at radius 2 is 2.05 bits per heavy atom. The zero-order valence-electron chi connectivity index (χ0n) is 10.4. The van der Waals surface area contributed by atoms with Crippen LogP contribution in [0, 0.1) is 11.6 Å². The predicted molar refractivity (Wildman–Crippen MR) is 78.5 cm³/mol. The molecular formula is C14H14BrF2NS. The van der Waals surface area contributed by atoms with Crippen LogP contribution >= 0.6 is 27.3 Å². The van der Waals surface area contributed by atoms with E-state index in [4.69, 9.17) is 0 Å². The highest BCUT2D eigenvalue weighted by Gasteiger charge is 2.18. The minimum Gasteiger partial charge on any atom is -0.310 e. The third kappa shape index (κ3) is 3.61. The first-order valence-electron chi connectivity index (χ1n) is 6.03. The Balaban J connectivity index is 2.26. The highest BCUT2D eigenvalue weighted by atomic mass is 79.9. The Morgan fingerprint density at radius 3 is 2.68 bits per heavy atom. The van der Waals surface area contributed by atoms with Crippen LogP contribution in [0.3, 0.4) is 0 Å². The molecule has 102 valence electrons. The first-order valence-corrected chi connectivity index (χ1v) is 7.64. The summed E-state index contributed by atoms with van der Waals surface area (Å²) < 4.78 is 28.2. The van der Waals surface area contributed by atoms with Gasteiger partial charge in [0, 0.05) is 22.9 Å². The van der Waals surface area contributed by atoms with Crippen LogP contribution in [0.15, 0.2) is 34.1 Å². The van der Waals surface area contributed by atoms with Crippen molar-refractivity contribution in [3.05, 3.63) is 56.2 Å². The highest BCUT2D eigenvalue weighted by Crippen LogP contribution is 2.28. The zero-order chi connectivity index (χ0) is 13.8. The zero-order valence-corrected chi connectivity index (χ0v) is 12.8. The van der Waals surface area contributed by atoms with Gasteiger partial charge in [-0.2, -0.15) is 0 Å². The smallest absolute Gasteiger partial charge is 0.163 e. The van der Waals surface area contributed by atoms with Crippen LogP contribution in [0.5, 0.6) is 0 Å². The summed E-state index contributed by atoms with van der Waals surface area (Å²) in [5.74, 6) is -1.56. The molecule has 1 unspecified atom stereocenters. The molecule has 1 atom stereocenters. The highest BCUT2D eigenvalue weighted by molar-refractivity contribution is 9.11. The van der Waals surface area contributed by atoms with Crippen LogP contribution in [0.25, 0.3) is 0 Å². The van der Waals surface area contributed by atoms with Crippen molar-refractivity contribution in [2.24, 2.45) is 0 Å². The van der Waals surface area contributed by atoms with E-state index in [0.717, 1.165) is 14.7 Å². The van der Waals surface area contributed by atoms with E-state index in [1.54, 1.807) is 23.5 Å². The lowest BCUT2D eigenvalue weighted by Crippen LogP contribution is -2.24. The molecule has 2 rings (SSSR count). The standard InChI is InChI=1S/C14H14BrF2NS/c1-2-18-12(8-9-6-7-13(15)19-9)10-4-3-5-11(16)14(10)17/h3-7,12,18H,2,8H2,1H3. The molecule has 0 aliphatic rings. The summed E-state index contributed by atoms with van der Waals surface area (Å²) in [6.45, 7) is 2.65. The lowest BCUT2D eigenvalue weighted by atomic mass is 10.0. The first-order chi connectivity index (χ1) is 9.11. The third-order valence-electron chi connectivity index (χ3n) is 2.84. The molecule has 0 radical (unpaired) electrons. The topological polar surface area (TPSA) is 12.0 Å². The Morgan fingerprint density at radius 1 is 1.26 bits per heavy atom. The summed E-state index contributed by atoms with van der Waals surface area (Å²) in [5, 5.41) is 3.21. The Kier molecular flexibility index (Phi) is 5.07. The number of thiophene rings is 1. The molecule has 0 fully saturated rings. The van der Waals surface area contributed by atoms with Crippen LogP contribution in [0.1, 0.15) is 23.4 Å². The van der Waals surface area contributed by atoms with Crippen molar-refractivity contribution in [1.29, 1.82) is 0 Å². The van der Waals surface area contributed by atoms with Gasteiger partial charge in [0.25, 0.3) is 0 Å². The predicted octanol–water partition coefficient (Wildman–Crippen LogP) is 4.68. The van der Waals surface area contributed by atoms with Crippen molar-refractivity contribution < 1.29 is 8.78 Å². The lowest BCUT2D eigenvalue weighted by molar-refractivity contribution is 0.465. The maximum atomic E-state index is 13.9. The van der Waals surface area contributed by atoms with Crippen LogP contribution in [-0.4, -0.2) is 6.54 Å². The molecule has 0 saturated heterocycles. The van der Waals surface area contributed by atoms with Crippen LogP contribution in [-0.2, 0) is 6.42 Å². The van der Waals surface area contributed by atoms with E-state index in [9.17, 15) is 8.78 Å². The fourth-order valence-corrected chi connectivity index (χ4v) is 3.52. The van der Waals surface area contributed by atoms with Gasteiger partial charge in [0.1, 0.15) is 0 Å². The molecule has 19 heavy (non-hydrogen) atoms. The number of benzene rings is 1. The number of hydrogen-bond donors (Lipinski definition) is 1. The first kappa shape index (κ1) is 14.6. The lowest BCUT2D eigenvalue weighted by Gasteiger charge is -2.18. The van der Waals surface area contributed by atoms with Gasteiger partial charge >= 0.3 is 0 Å². The molecular weight excluding hydrogens is 332 g/mol. The van der Waals surface area contributed by atoms with Crippen LogP contribution < -0.4 is 5.32 Å². The molecule has 1 aromatic heterocycles. The minimum atomic E-state index is -0.798. The second kappa shape index (κ2) is 6.59. The van der Waals surface area contributed by atoms with Gasteiger partial charge in [-0.05, 0) is 40.7 Å². The SMILES string of the molecule is CCNC(Cc1ccc(Br)s1)c1cccc(F)c1F. The summed E-state index contributed by atoms with van der Waals surface area (Å²) >= 11 is 5.01. The van der Waals surface area contributed by atoms with E-state index in [1.807, 2.05) is 19.1 Å². The summed E-state index contributed by atoms with van der Waals surface area (Å²) in [7, 11) is 0. The Bertz CT molecular complexity index is 556. The molecule has 1 aromatic carbocycles. The maximum Gasteiger partial charge on any atom is 0.163 e. The molecule has 0 saturated carbocycles. The Hall–Kier alpha value is -0.780. The van der Waals surface area contributed by atoms with Gasteiger partial charge in [0.2, 0.25) is 0 Å². The molecule has 0 bridgehead atoms. The summed E-state index contributed by atoms with van der Waals surface area (Å²) in [5.41, 5.74) is 0.381. The van der Waals surface area contributed by atoms with Crippen molar-refractivity contribution in [2.75, 3.05) is 6.54 Å². The summed E-state index contributed by atoms with van der Waals surface area (Å²) in [4.78, 5) is 1.13. The molecule has 0 aliphatic carbocycles. The van der Waals surface area contributed by atoms with Gasteiger partial charge in [-0.15, -0.1) is 11.3 Å². The normalized spacial score (nSPS) is 12.6. The van der Waals surface area contributed by atoms with E-state index in [0.29, 0.717) is 18.5 Å². The second-order valence-electron chi connectivity index (χ2n) is 4.16. The second-order valence-corrected chi connectivity index (χ2v) is 6.71. The fourth-order valence-electron chi connectivity index (χ4n) is 1.99. The average Bonchev–Trinajstić information content (AvgIpc) is 2.78. The van der Waals surface area contributed by atoms with E-state index in [1.165, 1.54) is 0 Å². The van der Waals surface area contributed by atoms with Crippen LogP contribution in [0.4, 0.5) is 8.78 Å². The van der Waals surface area contributed by atoms with Gasteiger partial charge in [-0.25, -0.2) is 8.78 Å². The quantitative estimate of drug-likeness (QED) is 0.829. The number of likely N-dealkylation sites (N-methyl/N-ethyl adjacent to an activating group) is 1. The van der Waals surface area contributed by atoms with E-state index < -0.39 is 11.6 Å².